The standard InChI is InChI=1S/C16H14Cl2FNOS/c17-13-5-2-6-14(18)15(13)16(21)20-7-8-22-10-11-3-1-4-12(19)9-11/h1-6,9H,7-8,10H2,(H,20,21). The average molecular weight is 358 g/mol. The van der Waals surface area contributed by atoms with Crippen molar-refractivity contribution in [3.05, 3.63) is 69.5 Å². The Morgan fingerprint density at radius 2 is 1.82 bits per heavy atom. The quantitative estimate of drug-likeness (QED) is 0.752. The van der Waals surface area contributed by atoms with Gasteiger partial charge in [-0.1, -0.05) is 41.4 Å². The van der Waals surface area contributed by atoms with E-state index in [2.05, 4.69) is 5.32 Å². The fourth-order valence-corrected chi connectivity index (χ4v) is 3.23. The monoisotopic (exact) mass is 357 g/mol. The normalized spacial score (nSPS) is 10.5. The average Bonchev–Trinajstić information content (AvgIpc) is 2.47. The van der Waals surface area contributed by atoms with Crippen LogP contribution in [-0.4, -0.2) is 18.2 Å². The van der Waals surface area contributed by atoms with Crippen molar-refractivity contribution in [1.82, 2.24) is 5.32 Å². The molecular weight excluding hydrogens is 344 g/mol. The van der Waals surface area contributed by atoms with Gasteiger partial charge in [0.25, 0.3) is 5.91 Å². The number of nitrogens with one attached hydrogen (secondary N) is 1. The summed E-state index contributed by atoms with van der Waals surface area (Å²) in [5.41, 5.74) is 1.21. The highest BCUT2D eigenvalue weighted by atomic mass is 35.5. The Morgan fingerprint density at radius 3 is 2.50 bits per heavy atom. The molecule has 0 bridgehead atoms. The molecule has 0 heterocycles. The maximum absolute atomic E-state index is 13.0. The second-order valence-corrected chi connectivity index (χ2v) is 6.45. The van der Waals surface area contributed by atoms with Crippen LogP contribution < -0.4 is 5.32 Å². The third-order valence-electron chi connectivity index (χ3n) is 2.88. The van der Waals surface area contributed by atoms with Gasteiger partial charge in [0.15, 0.2) is 0 Å². The summed E-state index contributed by atoms with van der Waals surface area (Å²) in [6, 6.07) is 11.4. The second kappa shape index (κ2) is 8.42. The van der Waals surface area contributed by atoms with E-state index < -0.39 is 0 Å². The van der Waals surface area contributed by atoms with Gasteiger partial charge in [0.05, 0.1) is 15.6 Å². The molecule has 0 aliphatic rings. The molecular formula is C16H14Cl2FNOS. The van der Waals surface area contributed by atoms with Crippen molar-refractivity contribution in [3.8, 4) is 0 Å². The van der Waals surface area contributed by atoms with Gasteiger partial charge in [0, 0.05) is 18.1 Å². The van der Waals surface area contributed by atoms with Gasteiger partial charge < -0.3 is 5.32 Å². The highest BCUT2D eigenvalue weighted by molar-refractivity contribution is 7.98. The van der Waals surface area contributed by atoms with E-state index in [9.17, 15) is 9.18 Å². The van der Waals surface area contributed by atoms with E-state index in [0.717, 1.165) is 5.56 Å². The third-order valence-corrected chi connectivity index (χ3v) is 4.54. The van der Waals surface area contributed by atoms with Crippen LogP contribution in [0.25, 0.3) is 0 Å². The Kier molecular flexibility index (Phi) is 6.55. The highest BCUT2D eigenvalue weighted by Gasteiger charge is 2.13. The number of carbonyl (C=O) groups excluding carboxylic acids is 1. The van der Waals surface area contributed by atoms with Crippen LogP contribution in [0.3, 0.4) is 0 Å². The van der Waals surface area contributed by atoms with E-state index >= 15 is 0 Å². The van der Waals surface area contributed by atoms with Crippen LogP contribution in [0.2, 0.25) is 10.0 Å². The fraction of sp³-hybridized carbons (Fsp3) is 0.188. The van der Waals surface area contributed by atoms with E-state index in [1.165, 1.54) is 12.1 Å². The zero-order chi connectivity index (χ0) is 15.9. The number of amides is 1. The van der Waals surface area contributed by atoms with Gasteiger partial charge in [-0.3, -0.25) is 4.79 Å². The molecule has 2 aromatic rings. The minimum atomic E-state index is -0.290. The van der Waals surface area contributed by atoms with Crippen molar-refractivity contribution in [1.29, 1.82) is 0 Å². The molecule has 0 radical (unpaired) electrons. The number of halogens is 3. The van der Waals surface area contributed by atoms with Crippen molar-refractivity contribution in [2.45, 2.75) is 5.75 Å². The first-order valence-electron chi connectivity index (χ1n) is 6.62. The molecule has 0 unspecified atom stereocenters. The molecule has 0 fully saturated rings. The van der Waals surface area contributed by atoms with Gasteiger partial charge in [-0.05, 0) is 29.8 Å². The zero-order valence-electron chi connectivity index (χ0n) is 11.6. The zero-order valence-corrected chi connectivity index (χ0v) is 13.9. The second-order valence-electron chi connectivity index (χ2n) is 4.54. The number of hydrogen-bond donors (Lipinski definition) is 1. The van der Waals surface area contributed by atoms with Crippen LogP contribution in [0.5, 0.6) is 0 Å². The molecule has 116 valence electrons. The van der Waals surface area contributed by atoms with Gasteiger partial charge in [-0.25, -0.2) is 4.39 Å². The third kappa shape index (κ3) is 4.90. The molecule has 0 saturated carbocycles. The smallest absolute Gasteiger partial charge is 0.254 e. The summed E-state index contributed by atoms with van der Waals surface area (Å²) in [7, 11) is 0. The largest absolute Gasteiger partial charge is 0.351 e. The van der Waals surface area contributed by atoms with Crippen LogP contribution in [-0.2, 0) is 5.75 Å². The van der Waals surface area contributed by atoms with Crippen molar-refractivity contribution in [2.24, 2.45) is 0 Å². The van der Waals surface area contributed by atoms with E-state index in [1.54, 1.807) is 36.0 Å². The molecule has 2 rings (SSSR count). The van der Waals surface area contributed by atoms with E-state index in [4.69, 9.17) is 23.2 Å². The molecule has 2 nitrogen and oxygen atoms in total. The predicted molar refractivity (Wildman–Crippen MR) is 91.4 cm³/mol. The molecule has 22 heavy (non-hydrogen) atoms. The van der Waals surface area contributed by atoms with E-state index in [0.29, 0.717) is 33.7 Å². The Bertz CT molecular complexity index is 646. The number of carbonyl (C=O) groups is 1. The Hall–Kier alpha value is -1.23. The Labute approximate surface area is 143 Å². The lowest BCUT2D eigenvalue weighted by atomic mass is 10.2. The van der Waals surface area contributed by atoms with Gasteiger partial charge in [-0.2, -0.15) is 11.8 Å². The van der Waals surface area contributed by atoms with Gasteiger partial charge >= 0.3 is 0 Å². The number of benzene rings is 2. The fourth-order valence-electron chi connectivity index (χ4n) is 1.86. The summed E-state index contributed by atoms with van der Waals surface area (Å²) in [5.74, 6) is 0.881. The summed E-state index contributed by atoms with van der Waals surface area (Å²) in [4.78, 5) is 12.0. The number of thioether (sulfide) groups is 1. The van der Waals surface area contributed by atoms with Crippen LogP contribution in [0.4, 0.5) is 4.39 Å². The molecule has 6 heteroatoms. The van der Waals surface area contributed by atoms with Crippen molar-refractivity contribution >= 4 is 40.9 Å². The van der Waals surface area contributed by atoms with E-state index in [-0.39, 0.29) is 11.7 Å². The van der Waals surface area contributed by atoms with Crippen molar-refractivity contribution < 1.29 is 9.18 Å². The molecule has 1 amide bonds. The van der Waals surface area contributed by atoms with Crippen molar-refractivity contribution in [2.75, 3.05) is 12.3 Å². The van der Waals surface area contributed by atoms with Crippen LogP contribution in [0.1, 0.15) is 15.9 Å². The molecule has 0 aliphatic heterocycles. The molecule has 2 aromatic carbocycles. The predicted octanol–water partition coefficient (Wildman–Crippen LogP) is 4.80. The van der Waals surface area contributed by atoms with E-state index in [1.807, 2.05) is 6.07 Å². The first kappa shape index (κ1) is 17.1. The van der Waals surface area contributed by atoms with Gasteiger partial charge in [-0.15, -0.1) is 0 Å². The van der Waals surface area contributed by atoms with Crippen LogP contribution in [0, 0.1) is 5.82 Å². The molecule has 0 aromatic heterocycles. The highest BCUT2D eigenvalue weighted by Crippen LogP contribution is 2.23. The summed E-state index contributed by atoms with van der Waals surface area (Å²) in [5, 5.41) is 3.44. The summed E-state index contributed by atoms with van der Waals surface area (Å²) >= 11 is 13.6. The number of rotatable bonds is 6. The minimum Gasteiger partial charge on any atom is -0.351 e. The molecule has 1 N–H and O–H groups in total. The lowest BCUT2D eigenvalue weighted by Gasteiger charge is -2.08. The van der Waals surface area contributed by atoms with Gasteiger partial charge in [0.1, 0.15) is 5.82 Å². The van der Waals surface area contributed by atoms with Crippen LogP contribution >= 0.6 is 35.0 Å². The lowest BCUT2D eigenvalue weighted by Crippen LogP contribution is -2.26. The molecule has 0 aliphatic carbocycles. The lowest BCUT2D eigenvalue weighted by molar-refractivity contribution is 0.0956. The first-order chi connectivity index (χ1) is 10.6. The van der Waals surface area contributed by atoms with Gasteiger partial charge in [0.2, 0.25) is 0 Å². The first-order valence-corrected chi connectivity index (χ1v) is 8.53. The molecule has 0 spiro atoms. The maximum Gasteiger partial charge on any atom is 0.254 e. The topological polar surface area (TPSA) is 29.1 Å². The Balaban J connectivity index is 1.76. The Morgan fingerprint density at radius 1 is 1.14 bits per heavy atom. The summed E-state index contributed by atoms with van der Waals surface area (Å²) in [6.07, 6.45) is 0. The van der Waals surface area contributed by atoms with Crippen LogP contribution in [0.15, 0.2) is 42.5 Å². The maximum atomic E-state index is 13.0. The summed E-state index contributed by atoms with van der Waals surface area (Å²) < 4.78 is 13.0. The SMILES string of the molecule is O=C(NCCSCc1cccc(F)c1)c1c(Cl)cccc1Cl. The number of hydrogen-bond acceptors (Lipinski definition) is 2. The molecule has 0 atom stereocenters. The molecule has 0 saturated heterocycles. The minimum absolute atomic E-state index is 0.236. The summed E-state index contributed by atoms with van der Waals surface area (Å²) in [6.45, 7) is 0.486. The van der Waals surface area contributed by atoms with Crippen molar-refractivity contribution in [3.63, 3.8) is 0 Å².